The lowest BCUT2D eigenvalue weighted by Gasteiger charge is -2.13. The molecule has 0 saturated heterocycles. The van der Waals surface area contributed by atoms with Crippen molar-refractivity contribution in [2.24, 2.45) is 0 Å². The number of urea groups is 1. The average molecular weight is 257 g/mol. The topological polar surface area (TPSA) is 114 Å². The summed E-state index contributed by atoms with van der Waals surface area (Å²) in [7, 11) is 1.35. The molecule has 1 unspecified atom stereocenters. The molecule has 0 radical (unpaired) electrons. The summed E-state index contributed by atoms with van der Waals surface area (Å²) < 4.78 is 9.56. The van der Waals surface area contributed by atoms with Crippen LogP contribution in [-0.4, -0.2) is 42.0 Å². The summed E-state index contributed by atoms with van der Waals surface area (Å²) in [5.74, 6) is -0.677. The maximum Gasteiger partial charge on any atom is 0.328 e. The number of amides is 2. The van der Waals surface area contributed by atoms with Gasteiger partial charge in [-0.15, -0.1) is 0 Å². The average Bonchev–Trinajstić information content (AvgIpc) is 2.72. The standard InChI is InChI=1S/C10H15N3O5/c1-6-3-7(18-13-6)4-11-10(16)12-8(5-17-2)9(14)15/h3,8H,4-5H2,1-2H3,(H,14,15)(H2,11,12,16). The van der Waals surface area contributed by atoms with Gasteiger partial charge in [0.25, 0.3) is 0 Å². The van der Waals surface area contributed by atoms with Crippen LogP contribution in [0.5, 0.6) is 0 Å². The van der Waals surface area contributed by atoms with Crippen molar-refractivity contribution in [2.45, 2.75) is 19.5 Å². The summed E-state index contributed by atoms with van der Waals surface area (Å²) in [4.78, 5) is 22.2. The second-order valence-corrected chi connectivity index (χ2v) is 3.61. The zero-order valence-electron chi connectivity index (χ0n) is 10.1. The number of carboxylic acid groups (broad SMARTS) is 1. The molecule has 1 aromatic heterocycles. The van der Waals surface area contributed by atoms with Crippen molar-refractivity contribution in [1.29, 1.82) is 0 Å². The molecule has 18 heavy (non-hydrogen) atoms. The van der Waals surface area contributed by atoms with E-state index in [1.165, 1.54) is 7.11 Å². The first-order valence-corrected chi connectivity index (χ1v) is 5.21. The van der Waals surface area contributed by atoms with E-state index in [9.17, 15) is 9.59 Å². The molecule has 0 aromatic carbocycles. The Hall–Kier alpha value is -2.09. The van der Waals surface area contributed by atoms with Gasteiger partial charge in [0.05, 0.1) is 18.8 Å². The van der Waals surface area contributed by atoms with Crippen molar-refractivity contribution >= 4 is 12.0 Å². The maximum atomic E-state index is 11.4. The normalized spacial score (nSPS) is 11.9. The minimum atomic E-state index is -1.16. The number of ether oxygens (including phenoxy) is 1. The van der Waals surface area contributed by atoms with E-state index in [1.54, 1.807) is 13.0 Å². The van der Waals surface area contributed by atoms with Gasteiger partial charge in [-0.05, 0) is 6.92 Å². The molecule has 100 valence electrons. The van der Waals surface area contributed by atoms with Gasteiger partial charge in [-0.2, -0.15) is 0 Å². The third kappa shape index (κ3) is 4.42. The van der Waals surface area contributed by atoms with Gasteiger partial charge in [-0.3, -0.25) is 0 Å². The second kappa shape index (κ2) is 6.60. The number of nitrogens with one attached hydrogen (secondary N) is 2. The number of carbonyl (C=O) groups excluding carboxylic acids is 1. The number of carboxylic acids is 1. The van der Waals surface area contributed by atoms with Gasteiger partial charge in [0, 0.05) is 13.2 Å². The predicted octanol–water partition coefficient (Wildman–Crippen LogP) is -0.118. The van der Waals surface area contributed by atoms with Crippen molar-refractivity contribution in [1.82, 2.24) is 15.8 Å². The van der Waals surface area contributed by atoms with Crippen LogP contribution in [-0.2, 0) is 16.1 Å². The quantitative estimate of drug-likeness (QED) is 0.654. The van der Waals surface area contributed by atoms with Crippen LogP contribution in [0.2, 0.25) is 0 Å². The first-order valence-electron chi connectivity index (χ1n) is 5.21. The maximum absolute atomic E-state index is 11.4. The Bertz CT molecular complexity index is 417. The molecule has 0 aliphatic heterocycles. The summed E-state index contributed by atoms with van der Waals surface area (Å²) in [5.41, 5.74) is 0.704. The lowest BCUT2D eigenvalue weighted by Crippen LogP contribution is -2.48. The van der Waals surface area contributed by atoms with Gasteiger partial charge in [-0.25, -0.2) is 9.59 Å². The van der Waals surface area contributed by atoms with E-state index in [1.807, 2.05) is 0 Å². The van der Waals surface area contributed by atoms with E-state index >= 15 is 0 Å². The van der Waals surface area contributed by atoms with E-state index in [4.69, 9.17) is 9.63 Å². The minimum Gasteiger partial charge on any atom is -0.480 e. The van der Waals surface area contributed by atoms with Crippen LogP contribution in [0.3, 0.4) is 0 Å². The number of nitrogens with zero attached hydrogens (tertiary/aromatic N) is 1. The molecule has 1 heterocycles. The van der Waals surface area contributed by atoms with Crippen LogP contribution in [0.25, 0.3) is 0 Å². The molecule has 8 nitrogen and oxygen atoms in total. The lowest BCUT2D eigenvalue weighted by molar-refractivity contribution is -0.140. The van der Waals surface area contributed by atoms with E-state index < -0.39 is 18.0 Å². The molecule has 0 spiro atoms. The SMILES string of the molecule is COCC(NC(=O)NCc1cc(C)no1)C(=O)O. The van der Waals surface area contributed by atoms with E-state index in [2.05, 4.69) is 20.5 Å². The smallest absolute Gasteiger partial charge is 0.328 e. The molecule has 3 N–H and O–H groups in total. The number of hydrogen-bond acceptors (Lipinski definition) is 5. The summed E-state index contributed by atoms with van der Waals surface area (Å²) in [6.45, 7) is 1.78. The molecule has 0 saturated carbocycles. The highest BCUT2D eigenvalue weighted by Crippen LogP contribution is 2.00. The molecule has 0 aliphatic carbocycles. The molecule has 1 atom stereocenters. The molecule has 2 amide bonds. The summed E-state index contributed by atoms with van der Waals surface area (Å²) in [6.07, 6.45) is 0. The van der Waals surface area contributed by atoms with Gasteiger partial charge in [0.2, 0.25) is 0 Å². The number of carbonyl (C=O) groups is 2. The molecule has 1 rings (SSSR count). The lowest BCUT2D eigenvalue weighted by atomic mass is 10.3. The Kier molecular flexibility index (Phi) is 5.12. The first-order chi connectivity index (χ1) is 8.52. The zero-order chi connectivity index (χ0) is 13.5. The van der Waals surface area contributed by atoms with Crippen molar-refractivity contribution in [3.8, 4) is 0 Å². The number of methoxy groups -OCH3 is 1. The van der Waals surface area contributed by atoms with Gasteiger partial charge in [-0.1, -0.05) is 5.16 Å². The molecule has 0 bridgehead atoms. The van der Waals surface area contributed by atoms with Gasteiger partial charge < -0.3 is 25.0 Å². The number of rotatable bonds is 6. The van der Waals surface area contributed by atoms with Crippen LogP contribution >= 0.6 is 0 Å². The Morgan fingerprint density at radius 3 is 2.83 bits per heavy atom. The van der Waals surface area contributed by atoms with Gasteiger partial charge in [0.1, 0.15) is 0 Å². The minimum absolute atomic E-state index is 0.107. The van der Waals surface area contributed by atoms with Crippen molar-refractivity contribution in [3.63, 3.8) is 0 Å². The zero-order valence-corrected chi connectivity index (χ0v) is 10.1. The van der Waals surface area contributed by atoms with E-state index in [0.29, 0.717) is 11.5 Å². The molecule has 8 heteroatoms. The number of aryl methyl sites for hydroxylation is 1. The highest BCUT2D eigenvalue weighted by atomic mass is 16.5. The molecule has 0 fully saturated rings. The van der Waals surface area contributed by atoms with Crippen LogP contribution in [0.4, 0.5) is 4.79 Å². The third-order valence-electron chi connectivity index (χ3n) is 2.04. The highest BCUT2D eigenvalue weighted by molar-refractivity contribution is 5.82. The summed E-state index contributed by atoms with van der Waals surface area (Å²) >= 11 is 0. The Morgan fingerprint density at radius 2 is 2.33 bits per heavy atom. The monoisotopic (exact) mass is 257 g/mol. The molecular weight excluding hydrogens is 242 g/mol. The molecule has 1 aromatic rings. The summed E-state index contributed by atoms with van der Waals surface area (Å²) in [5, 5.41) is 17.2. The number of aliphatic carboxylic acids is 1. The first kappa shape index (κ1) is 14.0. The van der Waals surface area contributed by atoms with Crippen molar-refractivity contribution < 1.29 is 24.0 Å². The van der Waals surface area contributed by atoms with Crippen LogP contribution in [0.15, 0.2) is 10.6 Å². The highest BCUT2D eigenvalue weighted by Gasteiger charge is 2.19. The van der Waals surface area contributed by atoms with Gasteiger partial charge >= 0.3 is 12.0 Å². The summed E-state index contributed by atoms with van der Waals surface area (Å²) in [6, 6.07) is -0.0376. The molecular formula is C10H15N3O5. The Balaban J connectivity index is 2.38. The fourth-order valence-corrected chi connectivity index (χ4v) is 1.22. The van der Waals surface area contributed by atoms with Crippen molar-refractivity contribution in [3.05, 3.63) is 17.5 Å². The Labute approximate surface area is 103 Å². The second-order valence-electron chi connectivity index (χ2n) is 3.61. The predicted molar refractivity (Wildman–Crippen MR) is 59.9 cm³/mol. The van der Waals surface area contributed by atoms with Crippen LogP contribution < -0.4 is 10.6 Å². The number of hydrogen-bond donors (Lipinski definition) is 3. The third-order valence-corrected chi connectivity index (χ3v) is 2.04. The van der Waals surface area contributed by atoms with Crippen molar-refractivity contribution in [2.75, 3.05) is 13.7 Å². The fraction of sp³-hybridized carbons (Fsp3) is 0.500. The van der Waals surface area contributed by atoms with Gasteiger partial charge in [0.15, 0.2) is 11.8 Å². The molecule has 0 aliphatic rings. The fourth-order valence-electron chi connectivity index (χ4n) is 1.22. The largest absolute Gasteiger partial charge is 0.480 e. The Morgan fingerprint density at radius 1 is 1.61 bits per heavy atom. The van der Waals surface area contributed by atoms with Crippen LogP contribution in [0, 0.1) is 6.92 Å². The van der Waals surface area contributed by atoms with E-state index in [0.717, 1.165) is 0 Å². The van der Waals surface area contributed by atoms with Crippen LogP contribution in [0.1, 0.15) is 11.5 Å². The van der Waals surface area contributed by atoms with E-state index in [-0.39, 0.29) is 13.2 Å². The number of aromatic nitrogens is 1.